The summed E-state index contributed by atoms with van der Waals surface area (Å²) in [6.45, 7) is 3.50. The molecule has 1 aromatic carbocycles. The topological polar surface area (TPSA) is 123 Å². The lowest BCUT2D eigenvalue weighted by Crippen LogP contribution is -2.41. The van der Waals surface area contributed by atoms with E-state index in [9.17, 15) is 52.3 Å². The van der Waals surface area contributed by atoms with Crippen LogP contribution in [0.25, 0.3) is 6.08 Å². The maximum Gasteiger partial charge on any atom is 0.511 e. The summed E-state index contributed by atoms with van der Waals surface area (Å²) in [6.07, 6.45) is -11.6. The number of carbonyl (C=O) groups is 2. The summed E-state index contributed by atoms with van der Waals surface area (Å²) < 4.78 is 126. The number of fused-ring (bicyclic) bond motifs is 1. The number of hydrogen-bond acceptors (Lipinski definition) is 9. The van der Waals surface area contributed by atoms with Crippen molar-refractivity contribution in [3.05, 3.63) is 38.9 Å². The summed E-state index contributed by atoms with van der Waals surface area (Å²) in [5.41, 5.74) is -4.12. The number of aryl methyl sites for hydroxylation is 1. The van der Waals surface area contributed by atoms with Crippen molar-refractivity contribution in [2.75, 3.05) is 13.2 Å². The summed E-state index contributed by atoms with van der Waals surface area (Å²) in [6, 6.07) is -0.233. The number of ether oxygens (including phenoxy) is 4. The molecule has 2 rings (SSSR count). The number of esters is 1. The van der Waals surface area contributed by atoms with Crippen LogP contribution in [0.4, 0.5) is 37.4 Å². The normalized spacial score (nSPS) is 18.3. The van der Waals surface area contributed by atoms with E-state index in [-0.39, 0.29) is 18.2 Å². The number of halogens is 8. The van der Waals surface area contributed by atoms with E-state index >= 15 is 0 Å². The second-order valence-corrected chi connectivity index (χ2v) is 11.5. The quantitative estimate of drug-likeness (QED) is 0.101. The Labute approximate surface area is 214 Å². The zero-order valence-corrected chi connectivity index (χ0v) is 21.2. The average molecular weight is 603 g/mol. The van der Waals surface area contributed by atoms with Crippen LogP contribution in [0.2, 0.25) is 0 Å². The fourth-order valence-corrected chi connectivity index (χ4v) is 3.78. The standard InChI is InChI=1S/C20H21F8NO9S/c1-10-5-13(39(24,25,26,27)28)6-12-7-14(16(20(21,22)23)38-15(10)12)17(30)36-11(2)37-18(31)34-8-19(3,4)9-35-29(32)33/h5-7,11,16H,8-9H2,1-4H3/t11?,16-/m0/s1. The highest BCUT2D eigenvalue weighted by molar-refractivity contribution is 8.45. The van der Waals surface area contributed by atoms with Crippen LogP contribution in [-0.4, -0.2) is 49.0 Å². The molecule has 1 aliphatic rings. The van der Waals surface area contributed by atoms with E-state index in [0.29, 0.717) is 0 Å². The average Bonchev–Trinajstić information content (AvgIpc) is 2.73. The summed E-state index contributed by atoms with van der Waals surface area (Å²) >= 11 is 0. The Balaban J connectivity index is 2.25. The van der Waals surface area contributed by atoms with E-state index < -0.39 is 92.0 Å². The molecule has 0 aromatic heterocycles. The van der Waals surface area contributed by atoms with Crippen LogP contribution in [0.15, 0.2) is 22.6 Å². The van der Waals surface area contributed by atoms with Gasteiger partial charge < -0.3 is 23.8 Å². The van der Waals surface area contributed by atoms with Crippen LogP contribution in [0, 0.1) is 22.5 Å². The lowest BCUT2D eigenvalue weighted by Gasteiger charge is -2.41. The molecule has 19 heteroatoms. The molecule has 1 unspecified atom stereocenters. The van der Waals surface area contributed by atoms with Gasteiger partial charge in [0.15, 0.2) is 0 Å². The Morgan fingerprint density at radius 3 is 2.21 bits per heavy atom. The van der Waals surface area contributed by atoms with Crippen molar-refractivity contribution in [3.63, 3.8) is 0 Å². The van der Waals surface area contributed by atoms with Crippen molar-refractivity contribution < 1.29 is 71.1 Å². The van der Waals surface area contributed by atoms with Crippen molar-refractivity contribution in [1.29, 1.82) is 0 Å². The van der Waals surface area contributed by atoms with Gasteiger partial charge in [-0.1, -0.05) is 33.3 Å². The number of nitrogens with zero attached hydrogens (tertiary/aromatic N) is 1. The van der Waals surface area contributed by atoms with Gasteiger partial charge in [0.05, 0.1) is 5.57 Å². The van der Waals surface area contributed by atoms with E-state index in [4.69, 9.17) is 0 Å². The monoisotopic (exact) mass is 603 g/mol. The summed E-state index contributed by atoms with van der Waals surface area (Å²) in [5, 5.41) is 9.17. The highest BCUT2D eigenvalue weighted by Gasteiger charge is 2.65. The minimum Gasteiger partial charge on any atom is -0.475 e. The van der Waals surface area contributed by atoms with Crippen molar-refractivity contribution in [2.45, 2.75) is 51.2 Å². The molecule has 1 aromatic rings. The van der Waals surface area contributed by atoms with Crippen LogP contribution >= 0.6 is 10.2 Å². The summed E-state index contributed by atoms with van der Waals surface area (Å²) in [7, 11) is -10.3. The molecule has 2 atom stereocenters. The number of benzene rings is 1. The molecule has 0 spiro atoms. The maximum absolute atomic E-state index is 13.6. The number of carbonyl (C=O) groups excluding carboxylic acids is 2. The third-order valence-corrected chi connectivity index (χ3v) is 5.89. The molecule has 10 nitrogen and oxygen atoms in total. The van der Waals surface area contributed by atoms with Crippen molar-refractivity contribution >= 4 is 28.4 Å². The first-order chi connectivity index (χ1) is 17.3. The zero-order chi connectivity index (χ0) is 30.3. The maximum atomic E-state index is 13.6. The van der Waals surface area contributed by atoms with Gasteiger partial charge in [-0.15, -0.1) is 10.1 Å². The number of hydrogen-bond donors (Lipinski definition) is 0. The molecule has 0 amide bonds. The number of alkyl halides is 3. The molecule has 0 radical (unpaired) electrons. The minimum absolute atomic E-state index is 0.0721. The molecule has 0 saturated heterocycles. The number of rotatable bonds is 9. The minimum atomic E-state index is -10.3. The lowest BCUT2D eigenvalue weighted by molar-refractivity contribution is -0.760. The van der Waals surface area contributed by atoms with Gasteiger partial charge in [0.2, 0.25) is 12.4 Å². The van der Waals surface area contributed by atoms with Gasteiger partial charge in [-0.3, -0.25) is 0 Å². The van der Waals surface area contributed by atoms with E-state index in [2.05, 4.69) is 23.8 Å². The SMILES string of the molecule is Cc1cc(S(F)(F)(F)(F)F)cc2c1O[C@H](C(F)(F)F)C(C(=O)OC(C)OC(=O)OCC(C)(C)CO[N+](=O)[O-])=C2. The third kappa shape index (κ3) is 8.75. The van der Waals surface area contributed by atoms with E-state index in [1.807, 2.05) is 0 Å². The Hall–Kier alpha value is -3.51. The van der Waals surface area contributed by atoms with Crippen molar-refractivity contribution in [2.24, 2.45) is 5.41 Å². The zero-order valence-electron chi connectivity index (χ0n) is 20.4. The summed E-state index contributed by atoms with van der Waals surface area (Å²) in [5.74, 6) is -2.69. The molecule has 0 saturated carbocycles. The largest absolute Gasteiger partial charge is 0.511 e. The smallest absolute Gasteiger partial charge is 0.475 e. The van der Waals surface area contributed by atoms with E-state index in [1.54, 1.807) is 0 Å². The van der Waals surface area contributed by atoms with Crippen LogP contribution in [-0.2, 0) is 23.8 Å². The molecule has 39 heavy (non-hydrogen) atoms. The van der Waals surface area contributed by atoms with Crippen molar-refractivity contribution in [3.8, 4) is 5.75 Å². The van der Waals surface area contributed by atoms with Gasteiger partial charge in [0, 0.05) is 17.9 Å². The first kappa shape index (κ1) is 31.7. The lowest BCUT2D eigenvalue weighted by atomic mass is 9.97. The first-order valence-corrected chi connectivity index (χ1v) is 12.4. The van der Waals surface area contributed by atoms with Crippen LogP contribution in [0.5, 0.6) is 5.75 Å². The molecular weight excluding hydrogens is 582 g/mol. The fourth-order valence-electron chi connectivity index (χ4n) is 3.03. The molecule has 222 valence electrons. The van der Waals surface area contributed by atoms with Gasteiger partial charge >= 0.3 is 28.5 Å². The molecule has 1 heterocycles. The third-order valence-electron chi connectivity index (χ3n) is 4.76. The Kier molecular flexibility index (Phi) is 7.80. The summed E-state index contributed by atoms with van der Waals surface area (Å²) in [4.78, 5) is 36.3. The van der Waals surface area contributed by atoms with Crippen LogP contribution < -0.4 is 4.74 Å². The van der Waals surface area contributed by atoms with Crippen molar-refractivity contribution in [1.82, 2.24) is 0 Å². The highest BCUT2D eigenvalue weighted by Crippen LogP contribution is 3.02. The molecule has 0 bridgehead atoms. The predicted octanol–water partition coefficient (Wildman–Crippen LogP) is 6.64. The fraction of sp³-hybridized carbons (Fsp3) is 0.500. The van der Waals surface area contributed by atoms with Gasteiger partial charge in [-0.25, -0.2) is 9.59 Å². The second-order valence-electron chi connectivity index (χ2n) is 9.06. The van der Waals surface area contributed by atoms with E-state index in [1.165, 1.54) is 13.8 Å². The van der Waals surface area contributed by atoms with Gasteiger partial charge in [-0.05, 0) is 30.7 Å². The molecule has 0 aliphatic carbocycles. The Bertz CT molecular complexity index is 1200. The van der Waals surface area contributed by atoms with E-state index in [0.717, 1.165) is 13.8 Å². The van der Waals surface area contributed by atoms with Crippen LogP contribution in [0.3, 0.4) is 0 Å². The molecule has 1 aliphatic heterocycles. The predicted molar refractivity (Wildman–Crippen MR) is 116 cm³/mol. The van der Waals surface area contributed by atoms with Gasteiger partial charge in [0.1, 0.15) is 23.9 Å². The molecular formula is C20H21F8NO9S. The highest BCUT2D eigenvalue weighted by atomic mass is 32.5. The second kappa shape index (κ2) is 9.60. The Morgan fingerprint density at radius 1 is 1.10 bits per heavy atom. The van der Waals surface area contributed by atoms with Gasteiger partial charge in [-0.2, -0.15) is 13.2 Å². The first-order valence-electron chi connectivity index (χ1n) is 10.4. The van der Waals surface area contributed by atoms with Crippen LogP contribution in [0.1, 0.15) is 31.9 Å². The molecule has 0 N–H and O–H groups in total. The molecule has 0 fully saturated rings. The van der Waals surface area contributed by atoms with Gasteiger partial charge in [0.25, 0.3) is 5.09 Å². The Morgan fingerprint density at radius 2 is 1.69 bits per heavy atom.